The lowest BCUT2D eigenvalue weighted by Gasteiger charge is -1.69. The molecule has 38 valence electrons. The maximum atomic E-state index is 2.00. The Balaban J connectivity index is 0.000000360. The average molecular weight is 205 g/mol. The molecule has 0 aliphatic heterocycles. The first-order valence-corrected chi connectivity index (χ1v) is 2.00. The zero-order chi connectivity index (χ0) is 4.24. The van der Waals surface area contributed by atoms with Crippen molar-refractivity contribution < 1.29 is 24.0 Å². The van der Waals surface area contributed by atoms with Crippen molar-refractivity contribution >= 4 is 0 Å². The van der Waals surface area contributed by atoms with E-state index in [1.54, 1.807) is 0 Å². The van der Waals surface area contributed by atoms with Crippen molar-refractivity contribution in [2.75, 3.05) is 0 Å². The summed E-state index contributed by atoms with van der Waals surface area (Å²) in [4.78, 5) is 0. The minimum Gasteiger partial charge on any atom is -1.00 e. The molecule has 7 heavy (non-hydrogen) atoms. The van der Waals surface area contributed by atoms with Crippen molar-refractivity contribution in [2.24, 2.45) is 0 Å². The lowest BCUT2D eigenvalue weighted by Crippen LogP contribution is -3.00. The maximum Gasteiger partial charge on any atom is -0.0623 e. The predicted octanol–water partition coefficient (Wildman–Crippen LogP) is -1.31. The van der Waals surface area contributed by atoms with Gasteiger partial charge in [-0.3, -0.25) is 0 Å². The Morgan fingerprint density at radius 1 is 0.429 bits per heavy atom. The molecule has 0 aliphatic rings. The van der Waals surface area contributed by atoms with E-state index < -0.39 is 0 Å². The summed E-state index contributed by atoms with van der Waals surface area (Å²) >= 11 is 0. The fourth-order valence-electron chi connectivity index (χ4n) is 0.385. The molecule has 0 atom stereocenters. The number of hydrogen-bond donors (Lipinski definition) is 0. The second-order valence-corrected chi connectivity index (χ2v) is 1.15. The van der Waals surface area contributed by atoms with Crippen molar-refractivity contribution in [2.45, 2.75) is 0 Å². The van der Waals surface area contributed by atoms with Gasteiger partial charge in [0, 0.05) is 0 Å². The Labute approximate surface area is 60.6 Å². The molecule has 0 nitrogen and oxygen atoms in total. The van der Waals surface area contributed by atoms with E-state index >= 15 is 0 Å². The van der Waals surface area contributed by atoms with Gasteiger partial charge in [-0.1, -0.05) is 36.4 Å². The van der Waals surface area contributed by atoms with Crippen molar-refractivity contribution in [3.63, 3.8) is 0 Å². The van der Waals surface area contributed by atoms with Crippen molar-refractivity contribution in [3.05, 3.63) is 36.4 Å². The molecule has 0 aromatic heterocycles. The van der Waals surface area contributed by atoms with Gasteiger partial charge >= 0.3 is 0 Å². The molecule has 0 heterocycles. The molecule has 0 amide bonds. The highest BCUT2D eigenvalue weighted by Crippen LogP contribution is 1.79. The topological polar surface area (TPSA) is 0 Å². The lowest BCUT2D eigenvalue weighted by molar-refractivity contribution is -0.00000120. The van der Waals surface area contributed by atoms with Crippen LogP contribution in [0.25, 0.3) is 0 Å². The third-order valence-electron chi connectivity index (χ3n) is 0.667. The zero-order valence-corrected chi connectivity index (χ0v) is 6.00. The van der Waals surface area contributed by atoms with Crippen LogP contribution >= 0.6 is 0 Å². The van der Waals surface area contributed by atoms with Gasteiger partial charge in [-0.2, -0.15) is 0 Å². The highest BCUT2D eigenvalue weighted by atomic mass is 127. The van der Waals surface area contributed by atoms with E-state index in [0.717, 1.165) is 0 Å². The van der Waals surface area contributed by atoms with Crippen LogP contribution in [0.3, 0.4) is 0 Å². The van der Waals surface area contributed by atoms with Crippen LogP contribution in [0.2, 0.25) is 0 Å². The lowest BCUT2D eigenvalue weighted by atomic mass is 10.4. The van der Waals surface area contributed by atoms with Gasteiger partial charge in [-0.25, -0.2) is 0 Å². The number of hydrogen-bond acceptors (Lipinski definition) is 0. The van der Waals surface area contributed by atoms with Crippen molar-refractivity contribution in [1.29, 1.82) is 0 Å². The molecule has 1 rings (SSSR count). The van der Waals surface area contributed by atoms with Gasteiger partial charge in [0.1, 0.15) is 0 Å². The first-order valence-electron chi connectivity index (χ1n) is 2.00. The summed E-state index contributed by atoms with van der Waals surface area (Å²) in [5, 5.41) is 0. The molecule has 1 aromatic carbocycles. The summed E-state index contributed by atoms with van der Waals surface area (Å²) in [5.74, 6) is 0. The van der Waals surface area contributed by atoms with E-state index in [2.05, 4.69) is 0 Å². The molecule has 0 aliphatic carbocycles. The van der Waals surface area contributed by atoms with E-state index in [-0.39, 0.29) is 24.0 Å². The van der Waals surface area contributed by atoms with Gasteiger partial charge in [0.25, 0.3) is 0 Å². The van der Waals surface area contributed by atoms with E-state index in [1.807, 2.05) is 36.4 Å². The first-order chi connectivity index (χ1) is 3.00. The van der Waals surface area contributed by atoms with Crippen molar-refractivity contribution in [1.82, 2.24) is 0 Å². The molecular formula is C6H6I-. The highest BCUT2D eigenvalue weighted by Gasteiger charge is 1.57. The SMILES string of the molecule is [I-].c1ccccc1. The van der Waals surface area contributed by atoms with Gasteiger partial charge < -0.3 is 24.0 Å². The molecule has 0 saturated carbocycles. The Hall–Kier alpha value is -0.0500. The van der Waals surface area contributed by atoms with Gasteiger partial charge in [-0.05, 0) is 0 Å². The second-order valence-electron chi connectivity index (χ2n) is 1.15. The first kappa shape index (κ1) is 6.95. The van der Waals surface area contributed by atoms with Crippen LogP contribution in [-0.2, 0) is 0 Å². The second kappa shape index (κ2) is 4.12. The van der Waals surface area contributed by atoms with E-state index in [0.29, 0.717) is 0 Å². The Kier molecular flexibility index (Phi) is 4.09. The zero-order valence-electron chi connectivity index (χ0n) is 3.84. The fraction of sp³-hybridized carbons (Fsp3) is 0. The Morgan fingerprint density at radius 3 is 0.714 bits per heavy atom. The van der Waals surface area contributed by atoms with E-state index in [9.17, 15) is 0 Å². The number of halogens is 1. The van der Waals surface area contributed by atoms with Crippen LogP contribution < -0.4 is 24.0 Å². The highest BCUT2D eigenvalue weighted by molar-refractivity contribution is 4.99. The monoisotopic (exact) mass is 205 g/mol. The molecular weight excluding hydrogens is 199 g/mol. The Bertz CT molecular complexity index is 76.1. The predicted molar refractivity (Wildman–Crippen MR) is 26.4 cm³/mol. The molecule has 0 fully saturated rings. The maximum absolute atomic E-state index is 2.00. The molecule has 0 spiro atoms. The van der Waals surface area contributed by atoms with Crippen molar-refractivity contribution in [3.8, 4) is 0 Å². The van der Waals surface area contributed by atoms with Crippen LogP contribution in [0.4, 0.5) is 0 Å². The largest absolute Gasteiger partial charge is 1.00 e. The average Bonchev–Trinajstić information content (AvgIpc) is 1.72. The smallest absolute Gasteiger partial charge is 0.0623 e. The third kappa shape index (κ3) is 2.62. The van der Waals surface area contributed by atoms with Gasteiger partial charge in [0.2, 0.25) is 0 Å². The third-order valence-corrected chi connectivity index (χ3v) is 0.667. The van der Waals surface area contributed by atoms with E-state index in [4.69, 9.17) is 0 Å². The quantitative estimate of drug-likeness (QED) is 0.461. The summed E-state index contributed by atoms with van der Waals surface area (Å²) in [6.45, 7) is 0. The minimum absolute atomic E-state index is 0. The van der Waals surface area contributed by atoms with E-state index in [1.165, 1.54) is 0 Å². The van der Waals surface area contributed by atoms with Gasteiger partial charge in [0.15, 0.2) is 0 Å². The van der Waals surface area contributed by atoms with Gasteiger partial charge in [0.05, 0.1) is 0 Å². The minimum atomic E-state index is 0. The molecule has 0 N–H and O–H groups in total. The molecule has 0 saturated heterocycles. The summed E-state index contributed by atoms with van der Waals surface area (Å²) < 4.78 is 0. The Morgan fingerprint density at radius 2 is 0.571 bits per heavy atom. The number of rotatable bonds is 0. The molecule has 0 bridgehead atoms. The van der Waals surface area contributed by atoms with Crippen LogP contribution in [0.15, 0.2) is 36.4 Å². The molecule has 0 unspecified atom stereocenters. The molecule has 0 radical (unpaired) electrons. The molecule has 1 heteroatoms. The van der Waals surface area contributed by atoms with Crippen LogP contribution in [0.1, 0.15) is 0 Å². The fourth-order valence-corrected chi connectivity index (χ4v) is 0.385. The standard InChI is InChI=1S/C6H6.HI/c1-2-4-6-5-3-1;/h1-6H;1H/p-1. The molecule has 1 aromatic rings. The summed E-state index contributed by atoms with van der Waals surface area (Å²) in [7, 11) is 0. The van der Waals surface area contributed by atoms with Crippen LogP contribution in [0.5, 0.6) is 0 Å². The summed E-state index contributed by atoms with van der Waals surface area (Å²) in [6, 6.07) is 12.0. The normalized spacial score (nSPS) is 6.86. The van der Waals surface area contributed by atoms with Gasteiger partial charge in [-0.15, -0.1) is 0 Å². The summed E-state index contributed by atoms with van der Waals surface area (Å²) in [6.07, 6.45) is 0. The van der Waals surface area contributed by atoms with Crippen LogP contribution in [-0.4, -0.2) is 0 Å². The van der Waals surface area contributed by atoms with Crippen LogP contribution in [0, 0.1) is 0 Å². The number of benzene rings is 1. The summed E-state index contributed by atoms with van der Waals surface area (Å²) in [5.41, 5.74) is 0.